The van der Waals surface area contributed by atoms with Crippen molar-refractivity contribution in [2.24, 2.45) is 0 Å². The van der Waals surface area contributed by atoms with Crippen molar-refractivity contribution < 1.29 is 14.3 Å². The molecule has 0 unspecified atom stereocenters. The van der Waals surface area contributed by atoms with Crippen molar-refractivity contribution in [3.05, 3.63) is 34.9 Å². The summed E-state index contributed by atoms with van der Waals surface area (Å²) in [6, 6.07) is 7.11. The van der Waals surface area contributed by atoms with Crippen LogP contribution in [0.4, 0.5) is 0 Å². The number of nitrogens with one attached hydrogen (secondary N) is 1. The topological polar surface area (TPSA) is 79.2 Å². The minimum absolute atomic E-state index is 0.243. The van der Waals surface area contributed by atoms with E-state index < -0.39 is 5.97 Å². The molecule has 1 rings (SSSR count). The van der Waals surface area contributed by atoms with Gasteiger partial charge in [-0.2, -0.15) is 5.26 Å². The smallest absolute Gasteiger partial charge is 0.326 e. The lowest BCUT2D eigenvalue weighted by Gasteiger charge is -2.06. The summed E-state index contributed by atoms with van der Waals surface area (Å²) >= 11 is 0. The van der Waals surface area contributed by atoms with Crippen molar-refractivity contribution >= 4 is 11.9 Å². The fraction of sp³-hybridized carbons (Fsp3) is 0.308. The third-order valence-corrected chi connectivity index (χ3v) is 2.17. The molecule has 1 aromatic carbocycles. The van der Waals surface area contributed by atoms with Crippen LogP contribution in [0.3, 0.4) is 0 Å². The summed E-state index contributed by atoms with van der Waals surface area (Å²) in [6.07, 6.45) is 0. The molecule has 5 heteroatoms. The molecule has 94 valence electrons. The Balaban J connectivity index is 2.55. The van der Waals surface area contributed by atoms with Crippen LogP contribution in [0.25, 0.3) is 0 Å². The molecule has 1 N–H and O–H groups in total. The molecule has 0 aromatic heterocycles. The maximum Gasteiger partial charge on any atom is 0.326 e. The molecule has 1 aromatic rings. The predicted molar refractivity (Wildman–Crippen MR) is 64.8 cm³/mol. The van der Waals surface area contributed by atoms with Crippen molar-refractivity contribution in [3.63, 3.8) is 0 Å². The molecular weight excluding hydrogens is 232 g/mol. The van der Waals surface area contributed by atoms with E-state index in [1.165, 1.54) is 0 Å². The zero-order valence-electron chi connectivity index (χ0n) is 10.3. The number of carbonyl (C=O) groups is 2. The lowest BCUT2D eigenvalue weighted by Crippen LogP contribution is -2.30. The number of hydrogen-bond acceptors (Lipinski definition) is 4. The fourth-order valence-electron chi connectivity index (χ4n) is 1.52. The van der Waals surface area contributed by atoms with Crippen molar-refractivity contribution in [3.8, 4) is 6.07 Å². The number of benzene rings is 1. The number of amides is 1. The van der Waals surface area contributed by atoms with E-state index in [0.717, 1.165) is 11.1 Å². The van der Waals surface area contributed by atoms with Gasteiger partial charge in [-0.3, -0.25) is 9.59 Å². The molecule has 0 aliphatic heterocycles. The molecule has 0 aliphatic rings. The molecule has 0 aliphatic carbocycles. The predicted octanol–water partition coefficient (Wildman–Crippen LogP) is 1.10. The Labute approximate surface area is 105 Å². The van der Waals surface area contributed by atoms with Crippen LogP contribution < -0.4 is 5.32 Å². The molecule has 5 nitrogen and oxygen atoms in total. The van der Waals surface area contributed by atoms with Gasteiger partial charge in [0.25, 0.3) is 5.91 Å². The van der Waals surface area contributed by atoms with Gasteiger partial charge in [0.15, 0.2) is 6.61 Å². The second-order valence-corrected chi connectivity index (χ2v) is 3.88. The van der Waals surface area contributed by atoms with Gasteiger partial charge in [0.05, 0.1) is 0 Å². The summed E-state index contributed by atoms with van der Waals surface area (Å²) in [5.74, 6) is -0.968. The molecule has 0 atom stereocenters. The number of nitriles is 1. The molecule has 0 saturated carbocycles. The zero-order valence-corrected chi connectivity index (χ0v) is 10.3. The van der Waals surface area contributed by atoms with Crippen LogP contribution in [-0.2, 0) is 9.53 Å². The van der Waals surface area contributed by atoms with Crippen LogP contribution >= 0.6 is 0 Å². The molecule has 0 radical (unpaired) electrons. The summed E-state index contributed by atoms with van der Waals surface area (Å²) in [6.45, 7) is 3.24. The van der Waals surface area contributed by atoms with E-state index in [-0.39, 0.29) is 19.1 Å². The third kappa shape index (κ3) is 4.26. The molecule has 0 fully saturated rings. The molecular formula is C13H14N2O3. The van der Waals surface area contributed by atoms with Gasteiger partial charge < -0.3 is 10.1 Å². The SMILES string of the molecule is Cc1cc(C)cc(C(=O)NCC(=O)OCC#N)c1. The Kier molecular flexibility index (Phi) is 4.88. The minimum Gasteiger partial charge on any atom is -0.449 e. The van der Waals surface area contributed by atoms with Gasteiger partial charge in [-0.25, -0.2) is 0 Å². The Hall–Kier alpha value is -2.35. The summed E-state index contributed by atoms with van der Waals surface area (Å²) in [5, 5.41) is 10.7. The van der Waals surface area contributed by atoms with E-state index >= 15 is 0 Å². The summed E-state index contributed by atoms with van der Waals surface area (Å²) in [7, 11) is 0. The molecule has 0 heterocycles. The first kappa shape index (κ1) is 13.7. The zero-order chi connectivity index (χ0) is 13.5. The highest BCUT2D eigenvalue weighted by Gasteiger charge is 2.09. The third-order valence-electron chi connectivity index (χ3n) is 2.17. The summed E-state index contributed by atoms with van der Waals surface area (Å²) in [5.41, 5.74) is 2.46. The second-order valence-electron chi connectivity index (χ2n) is 3.88. The van der Waals surface area contributed by atoms with E-state index in [1.807, 2.05) is 19.9 Å². The highest BCUT2D eigenvalue weighted by atomic mass is 16.5. The quantitative estimate of drug-likeness (QED) is 0.807. The highest BCUT2D eigenvalue weighted by molar-refractivity contribution is 5.96. The number of rotatable bonds is 4. The first-order chi connectivity index (χ1) is 8.52. The normalized spacial score (nSPS) is 9.39. The van der Waals surface area contributed by atoms with E-state index in [1.54, 1.807) is 18.2 Å². The lowest BCUT2D eigenvalue weighted by molar-refractivity contribution is -0.140. The Bertz CT molecular complexity index is 483. The number of ether oxygens (including phenoxy) is 1. The Morgan fingerprint density at radius 1 is 1.28 bits per heavy atom. The summed E-state index contributed by atoms with van der Waals surface area (Å²) in [4.78, 5) is 22.8. The van der Waals surface area contributed by atoms with Gasteiger partial charge in [-0.05, 0) is 26.0 Å². The van der Waals surface area contributed by atoms with Crippen LogP contribution in [0, 0.1) is 25.2 Å². The number of aryl methyl sites for hydroxylation is 2. The van der Waals surface area contributed by atoms with Gasteiger partial charge in [-0.15, -0.1) is 0 Å². The van der Waals surface area contributed by atoms with E-state index in [4.69, 9.17) is 5.26 Å². The van der Waals surface area contributed by atoms with Crippen molar-refractivity contribution in [1.29, 1.82) is 5.26 Å². The van der Waals surface area contributed by atoms with Gasteiger partial charge in [0, 0.05) is 5.56 Å². The van der Waals surface area contributed by atoms with Gasteiger partial charge in [0.2, 0.25) is 0 Å². The average Bonchev–Trinajstić information content (AvgIpc) is 2.32. The molecule has 0 saturated heterocycles. The van der Waals surface area contributed by atoms with Crippen molar-refractivity contribution in [2.45, 2.75) is 13.8 Å². The largest absolute Gasteiger partial charge is 0.449 e. The molecule has 1 amide bonds. The van der Waals surface area contributed by atoms with Crippen LogP contribution in [0.1, 0.15) is 21.5 Å². The summed E-state index contributed by atoms with van der Waals surface area (Å²) < 4.78 is 4.51. The van der Waals surface area contributed by atoms with E-state index in [0.29, 0.717) is 5.56 Å². The van der Waals surface area contributed by atoms with Gasteiger partial charge in [0.1, 0.15) is 12.6 Å². The Morgan fingerprint density at radius 2 is 1.89 bits per heavy atom. The average molecular weight is 246 g/mol. The van der Waals surface area contributed by atoms with Gasteiger partial charge in [-0.1, -0.05) is 17.2 Å². The lowest BCUT2D eigenvalue weighted by atomic mass is 10.1. The molecule has 0 bridgehead atoms. The molecule has 0 spiro atoms. The monoisotopic (exact) mass is 246 g/mol. The van der Waals surface area contributed by atoms with Crippen LogP contribution in [-0.4, -0.2) is 25.0 Å². The number of nitrogens with zero attached hydrogens (tertiary/aromatic N) is 1. The van der Waals surface area contributed by atoms with Crippen LogP contribution in [0.5, 0.6) is 0 Å². The highest BCUT2D eigenvalue weighted by Crippen LogP contribution is 2.08. The number of esters is 1. The fourth-order valence-corrected chi connectivity index (χ4v) is 1.52. The first-order valence-corrected chi connectivity index (χ1v) is 5.42. The van der Waals surface area contributed by atoms with Crippen LogP contribution in [0.2, 0.25) is 0 Å². The van der Waals surface area contributed by atoms with E-state index in [2.05, 4.69) is 10.1 Å². The first-order valence-electron chi connectivity index (χ1n) is 5.42. The maximum atomic E-state index is 11.7. The Morgan fingerprint density at radius 3 is 2.44 bits per heavy atom. The number of hydrogen-bond donors (Lipinski definition) is 1. The van der Waals surface area contributed by atoms with E-state index in [9.17, 15) is 9.59 Å². The minimum atomic E-state index is -0.630. The second kappa shape index (κ2) is 6.40. The maximum absolute atomic E-state index is 11.7. The number of carbonyl (C=O) groups excluding carboxylic acids is 2. The van der Waals surface area contributed by atoms with Crippen molar-refractivity contribution in [1.82, 2.24) is 5.32 Å². The molecule has 18 heavy (non-hydrogen) atoms. The standard InChI is InChI=1S/C13H14N2O3/c1-9-5-10(2)7-11(6-9)13(17)15-8-12(16)18-4-3-14/h5-7H,4,8H2,1-2H3,(H,15,17). The van der Waals surface area contributed by atoms with Crippen molar-refractivity contribution in [2.75, 3.05) is 13.2 Å². The van der Waals surface area contributed by atoms with Gasteiger partial charge >= 0.3 is 5.97 Å². The van der Waals surface area contributed by atoms with Crippen LogP contribution in [0.15, 0.2) is 18.2 Å².